The number of carbonyl (C=O) groups is 3. The molecule has 0 atom stereocenters. The Balaban J connectivity index is 1.71. The summed E-state index contributed by atoms with van der Waals surface area (Å²) in [5, 5.41) is 9.33. The van der Waals surface area contributed by atoms with E-state index in [-0.39, 0.29) is 23.1 Å². The molecule has 3 rings (SSSR count). The highest BCUT2D eigenvalue weighted by atomic mass is 32.2. The van der Waals surface area contributed by atoms with Gasteiger partial charge >= 0.3 is 0 Å². The number of rotatable bonds is 4. The minimum absolute atomic E-state index is 0.0667. The first-order valence-electron chi connectivity index (χ1n) is 7.97. The highest BCUT2D eigenvalue weighted by Gasteiger charge is 2.37. The summed E-state index contributed by atoms with van der Waals surface area (Å²) in [6.45, 7) is 1.53. The van der Waals surface area contributed by atoms with E-state index in [9.17, 15) is 19.5 Å². The number of hydrogen-bond donors (Lipinski definition) is 1. The standard InChI is InChI=1S/C17H18N2O6S/c1-24-13-3-2-11(8-12(13)20)9-14-16(22)19(17(23)26-14)10-15(21)18-4-6-25-7-5-18/h2-3,8-9,20H,4-7,10H2,1H3/b14-9-. The van der Waals surface area contributed by atoms with Gasteiger partial charge in [-0.15, -0.1) is 0 Å². The summed E-state index contributed by atoms with van der Waals surface area (Å²) in [4.78, 5) is 39.6. The SMILES string of the molecule is COc1ccc(/C=C2\SC(=O)N(CC(=O)N3CCOCC3)C2=O)cc1O. The molecular weight excluding hydrogens is 360 g/mol. The highest BCUT2D eigenvalue weighted by Crippen LogP contribution is 2.34. The van der Waals surface area contributed by atoms with Crippen molar-refractivity contribution in [2.45, 2.75) is 0 Å². The Morgan fingerprint density at radius 3 is 2.73 bits per heavy atom. The maximum atomic E-state index is 12.5. The van der Waals surface area contributed by atoms with Gasteiger partial charge in [-0.2, -0.15) is 0 Å². The number of amides is 3. The summed E-state index contributed by atoms with van der Waals surface area (Å²) < 4.78 is 10.2. The number of thioether (sulfide) groups is 1. The van der Waals surface area contributed by atoms with Crippen molar-refractivity contribution in [1.82, 2.24) is 9.80 Å². The summed E-state index contributed by atoms with van der Waals surface area (Å²) in [7, 11) is 1.44. The summed E-state index contributed by atoms with van der Waals surface area (Å²) >= 11 is 0.771. The van der Waals surface area contributed by atoms with Gasteiger partial charge in [0.25, 0.3) is 11.1 Å². The molecule has 0 bridgehead atoms. The van der Waals surface area contributed by atoms with E-state index in [1.54, 1.807) is 17.0 Å². The van der Waals surface area contributed by atoms with Crippen molar-refractivity contribution < 1.29 is 29.0 Å². The summed E-state index contributed by atoms with van der Waals surface area (Å²) in [5.41, 5.74) is 0.549. The van der Waals surface area contributed by atoms with Crippen LogP contribution in [0.2, 0.25) is 0 Å². The molecule has 0 saturated carbocycles. The van der Waals surface area contributed by atoms with Crippen LogP contribution in [-0.2, 0) is 14.3 Å². The van der Waals surface area contributed by atoms with Crippen LogP contribution >= 0.6 is 11.8 Å². The predicted molar refractivity (Wildman–Crippen MR) is 94.7 cm³/mol. The zero-order valence-corrected chi connectivity index (χ0v) is 15.0. The number of phenolic OH excluding ortho intramolecular Hbond substituents is 1. The molecule has 1 aromatic rings. The molecule has 1 aromatic carbocycles. The van der Waals surface area contributed by atoms with Crippen molar-refractivity contribution >= 4 is 34.9 Å². The molecule has 0 radical (unpaired) electrons. The molecule has 2 saturated heterocycles. The highest BCUT2D eigenvalue weighted by molar-refractivity contribution is 8.18. The van der Waals surface area contributed by atoms with Gasteiger partial charge in [-0.05, 0) is 35.5 Å². The molecule has 0 aromatic heterocycles. The maximum absolute atomic E-state index is 12.5. The molecule has 9 heteroatoms. The van der Waals surface area contributed by atoms with Gasteiger partial charge in [0.15, 0.2) is 11.5 Å². The lowest BCUT2D eigenvalue weighted by molar-refractivity contribution is -0.139. The summed E-state index contributed by atoms with van der Waals surface area (Å²) in [6, 6.07) is 4.66. The van der Waals surface area contributed by atoms with E-state index in [0.717, 1.165) is 16.7 Å². The lowest BCUT2D eigenvalue weighted by atomic mass is 10.2. The molecule has 8 nitrogen and oxygen atoms in total. The quantitative estimate of drug-likeness (QED) is 0.789. The predicted octanol–water partition coefficient (Wildman–Crippen LogP) is 1.30. The number of imide groups is 1. The number of ether oxygens (including phenoxy) is 2. The van der Waals surface area contributed by atoms with Crippen molar-refractivity contribution in [2.24, 2.45) is 0 Å². The van der Waals surface area contributed by atoms with Crippen LogP contribution in [0.25, 0.3) is 6.08 Å². The Hall–Kier alpha value is -2.52. The molecule has 0 spiro atoms. The fourth-order valence-electron chi connectivity index (χ4n) is 2.63. The second-order valence-corrected chi connectivity index (χ2v) is 6.69. The number of aromatic hydroxyl groups is 1. The van der Waals surface area contributed by atoms with Crippen LogP contribution in [0.1, 0.15) is 5.56 Å². The Labute approximate surface area is 154 Å². The Kier molecular flexibility index (Phi) is 5.48. The second-order valence-electron chi connectivity index (χ2n) is 5.69. The van der Waals surface area contributed by atoms with Gasteiger partial charge in [0.05, 0.1) is 25.2 Å². The largest absolute Gasteiger partial charge is 0.504 e. The molecule has 2 aliphatic heterocycles. The van der Waals surface area contributed by atoms with Crippen LogP contribution in [0.4, 0.5) is 4.79 Å². The van der Waals surface area contributed by atoms with E-state index >= 15 is 0 Å². The number of methoxy groups -OCH3 is 1. The van der Waals surface area contributed by atoms with Crippen LogP contribution in [0.5, 0.6) is 11.5 Å². The Bertz CT molecular complexity index is 773. The van der Waals surface area contributed by atoms with Gasteiger partial charge in [-0.1, -0.05) is 6.07 Å². The van der Waals surface area contributed by atoms with Gasteiger partial charge in [0, 0.05) is 13.1 Å². The minimum atomic E-state index is -0.517. The van der Waals surface area contributed by atoms with E-state index < -0.39 is 11.1 Å². The van der Waals surface area contributed by atoms with Gasteiger partial charge in [-0.3, -0.25) is 19.3 Å². The minimum Gasteiger partial charge on any atom is -0.504 e. The number of phenols is 1. The zero-order chi connectivity index (χ0) is 18.7. The molecule has 2 heterocycles. The number of benzene rings is 1. The van der Waals surface area contributed by atoms with Crippen molar-refractivity contribution in [3.8, 4) is 11.5 Å². The van der Waals surface area contributed by atoms with Crippen LogP contribution < -0.4 is 4.74 Å². The van der Waals surface area contributed by atoms with Crippen LogP contribution in [0.15, 0.2) is 23.1 Å². The van der Waals surface area contributed by atoms with E-state index in [0.29, 0.717) is 37.6 Å². The second kappa shape index (κ2) is 7.79. The topological polar surface area (TPSA) is 96.4 Å². The zero-order valence-electron chi connectivity index (χ0n) is 14.1. The lowest BCUT2D eigenvalue weighted by Crippen LogP contribution is -2.46. The number of hydrogen-bond acceptors (Lipinski definition) is 7. The van der Waals surface area contributed by atoms with Crippen molar-refractivity contribution in [1.29, 1.82) is 0 Å². The van der Waals surface area contributed by atoms with E-state index in [1.165, 1.54) is 19.3 Å². The van der Waals surface area contributed by atoms with Crippen LogP contribution in [0, 0.1) is 0 Å². The normalized spacial score (nSPS) is 19.3. The summed E-state index contributed by atoms with van der Waals surface area (Å²) in [5.74, 6) is -0.551. The van der Waals surface area contributed by atoms with Crippen molar-refractivity contribution in [3.05, 3.63) is 28.7 Å². The molecule has 3 amide bonds. The van der Waals surface area contributed by atoms with Gasteiger partial charge < -0.3 is 19.5 Å². The first kappa shape index (κ1) is 18.3. The monoisotopic (exact) mass is 378 g/mol. The summed E-state index contributed by atoms with van der Waals surface area (Å²) in [6.07, 6.45) is 1.50. The number of carbonyl (C=O) groups excluding carboxylic acids is 3. The number of nitrogens with zero attached hydrogens (tertiary/aromatic N) is 2. The third-order valence-corrected chi connectivity index (χ3v) is 4.94. The first-order chi connectivity index (χ1) is 12.5. The maximum Gasteiger partial charge on any atom is 0.294 e. The van der Waals surface area contributed by atoms with E-state index in [1.807, 2.05) is 0 Å². The van der Waals surface area contributed by atoms with Crippen LogP contribution in [-0.4, -0.2) is 71.9 Å². The Morgan fingerprint density at radius 2 is 2.08 bits per heavy atom. The molecule has 2 fully saturated rings. The number of morpholine rings is 1. The third-order valence-electron chi connectivity index (χ3n) is 4.03. The lowest BCUT2D eigenvalue weighted by Gasteiger charge is -2.28. The fraction of sp³-hybridized carbons (Fsp3) is 0.353. The van der Waals surface area contributed by atoms with E-state index in [4.69, 9.17) is 9.47 Å². The first-order valence-corrected chi connectivity index (χ1v) is 8.79. The van der Waals surface area contributed by atoms with Crippen LogP contribution in [0.3, 0.4) is 0 Å². The smallest absolute Gasteiger partial charge is 0.294 e. The molecular formula is C17H18N2O6S. The molecule has 1 N–H and O–H groups in total. The molecule has 0 aliphatic carbocycles. The average molecular weight is 378 g/mol. The van der Waals surface area contributed by atoms with Gasteiger partial charge in [0.2, 0.25) is 5.91 Å². The molecule has 138 valence electrons. The van der Waals surface area contributed by atoms with Crippen molar-refractivity contribution in [3.63, 3.8) is 0 Å². The fourth-order valence-corrected chi connectivity index (χ4v) is 3.47. The van der Waals surface area contributed by atoms with E-state index in [2.05, 4.69) is 0 Å². The molecule has 0 unspecified atom stereocenters. The Morgan fingerprint density at radius 1 is 1.35 bits per heavy atom. The van der Waals surface area contributed by atoms with Crippen molar-refractivity contribution in [2.75, 3.05) is 40.0 Å². The van der Waals surface area contributed by atoms with Gasteiger partial charge in [0.1, 0.15) is 6.54 Å². The molecule has 2 aliphatic rings. The van der Waals surface area contributed by atoms with Gasteiger partial charge in [-0.25, -0.2) is 0 Å². The average Bonchev–Trinajstić information content (AvgIpc) is 2.90. The third kappa shape index (κ3) is 3.83. The molecule has 26 heavy (non-hydrogen) atoms.